The van der Waals surface area contributed by atoms with E-state index in [2.05, 4.69) is 29.0 Å². The van der Waals surface area contributed by atoms with Crippen LogP contribution in [0, 0.1) is 0 Å². The number of hydrogen-bond donors (Lipinski definition) is 1. The van der Waals surface area contributed by atoms with Gasteiger partial charge in [0.25, 0.3) is 0 Å². The average molecular weight is 163 g/mol. The molecule has 0 saturated carbocycles. The smallest absolute Gasteiger partial charge is 0.148 e. The lowest BCUT2D eigenvalue weighted by Gasteiger charge is -2.10. The SMILES string of the molecule is C=CCC(C)Nc1cccnn1. The molecule has 1 N–H and O–H groups in total. The van der Waals surface area contributed by atoms with Crippen molar-refractivity contribution in [2.75, 3.05) is 5.32 Å². The van der Waals surface area contributed by atoms with Gasteiger partial charge >= 0.3 is 0 Å². The summed E-state index contributed by atoms with van der Waals surface area (Å²) in [7, 11) is 0. The quantitative estimate of drug-likeness (QED) is 0.688. The van der Waals surface area contributed by atoms with Crippen molar-refractivity contribution in [1.29, 1.82) is 0 Å². The Morgan fingerprint density at radius 2 is 2.58 bits per heavy atom. The standard InChI is InChI=1S/C9H13N3/c1-3-5-8(2)11-9-6-4-7-10-12-9/h3-4,6-8H,1,5H2,2H3,(H,11,12). The fourth-order valence-electron chi connectivity index (χ4n) is 0.940. The second-order valence-electron chi connectivity index (χ2n) is 2.68. The van der Waals surface area contributed by atoms with Gasteiger partial charge in [-0.25, -0.2) is 0 Å². The second-order valence-corrected chi connectivity index (χ2v) is 2.68. The Morgan fingerprint density at radius 1 is 1.75 bits per heavy atom. The first-order valence-corrected chi connectivity index (χ1v) is 3.98. The fraction of sp³-hybridized carbons (Fsp3) is 0.333. The molecule has 64 valence electrons. The molecule has 0 fully saturated rings. The maximum absolute atomic E-state index is 3.91. The van der Waals surface area contributed by atoms with Crippen LogP contribution in [0.25, 0.3) is 0 Å². The van der Waals surface area contributed by atoms with Crippen LogP contribution < -0.4 is 5.32 Å². The molecule has 1 heterocycles. The molecule has 1 atom stereocenters. The largest absolute Gasteiger partial charge is 0.366 e. The second kappa shape index (κ2) is 4.49. The number of hydrogen-bond acceptors (Lipinski definition) is 3. The molecule has 0 spiro atoms. The van der Waals surface area contributed by atoms with Crippen molar-refractivity contribution in [2.24, 2.45) is 0 Å². The Balaban J connectivity index is 2.46. The molecular formula is C9H13N3. The lowest BCUT2D eigenvalue weighted by Crippen LogP contribution is -2.14. The Bertz CT molecular complexity index is 233. The van der Waals surface area contributed by atoms with E-state index in [9.17, 15) is 0 Å². The molecule has 12 heavy (non-hydrogen) atoms. The van der Waals surface area contributed by atoms with Crippen LogP contribution in [0.15, 0.2) is 31.0 Å². The molecular weight excluding hydrogens is 150 g/mol. The summed E-state index contributed by atoms with van der Waals surface area (Å²) in [6.07, 6.45) is 4.47. The first kappa shape index (κ1) is 8.71. The number of aromatic nitrogens is 2. The van der Waals surface area contributed by atoms with E-state index in [1.807, 2.05) is 18.2 Å². The molecule has 3 nitrogen and oxygen atoms in total. The van der Waals surface area contributed by atoms with Crippen molar-refractivity contribution < 1.29 is 0 Å². The van der Waals surface area contributed by atoms with Gasteiger partial charge in [0.05, 0.1) is 0 Å². The van der Waals surface area contributed by atoms with Gasteiger partial charge in [-0.15, -0.1) is 11.7 Å². The van der Waals surface area contributed by atoms with E-state index in [-0.39, 0.29) is 0 Å². The molecule has 0 radical (unpaired) electrons. The van der Waals surface area contributed by atoms with Gasteiger partial charge in [-0.3, -0.25) is 0 Å². The summed E-state index contributed by atoms with van der Waals surface area (Å²) in [6.45, 7) is 5.75. The summed E-state index contributed by atoms with van der Waals surface area (Å²) in [5.74, 6) is 0.812. The van der Waals surface area contributed by atoms with Crippen LogP contribution in [-0.4, -0.2) is 16.2 Å². The first-order valence-electron chi connectivity index (χ1n) is 3.98. The molecule has 0 aliphatic carbocycles. The zero-order chi connectivity index (χ0) is 8.81. The van der Waals surface area contributed by atoms with E-state index in [4.69, 9.17) is 0 Å². The van der Waals surface area contributed by atoms with E-state index >= 15 is 0 Å². The van der Waals surface area contributed by atoms with Crippen molar-refractivity contribution in [3.8, 4) is 0 Å². The van der Waals surface area contributed by atoms with E-state index in [1.165, 1.54) is 0 Å². The highest BCUT2D eigenvalue weighted by Crippen LogP contribution is 2.03. The van der Waals surface area contributed by atoms with Crippen LogP contribution in [0.5, 0.6) is 0 Å². The van der Waals surface area contributed by atoms with E-state index in [1.54, 1.807) is 6.20 Å². The highest BCUT2D eigenvalue weighted by Gasteiger charge is 1.98. The summed E-state index contributed by atoms with van der Waals surface area (Å²) >= 11 is 0. The fourth-order valence-corrected chi connectivity index (χ4v) is 0.940. The van der Waals surface area contributed by atoms with Crippen LogP contribution in [0.4, 0.5) is 5.82 Å². The van der Waals surface area contributed by atoms with Crippen LogP contribution >= 0.6 is 0 Å². The van der Waals surface area contributed by atoms with Crippen LogP contribution in [0.3, 0.4) is 0 Å². The lowest BCUT2D eigenvalue weighted by molar-refractivity contribution is 0.800. The molecule has 0 bridgehead atoms. The lowest BCUT2D eigenvalue weighted by atomic mass is 10.2. The van der Waals surface area contributed by atoms with Gasteiger partial charge < -0.3 is 5.32 Å². The number of nitrogens with zero attached hydrogens (tertiary/aromatic N) is 2. The third kappa shape index (κ3) is 2.70. The minimum Gasteiger partial charge on any atom is -0.366 e. The summed E-state index contributed by atoms with van der Waals surface area (Å²) in [6, 6.07) is 4.11. The highest BCUT2D eigenvalue weighted by molar-refractivity contribution is 5.32. The highest BCUT2D eigenvalue weighted by atomic mass is 15.2. The van der Waals surface area contributed by atoms with Crippen molar-refractivity contribution >= 4 is 5.82 Å². The topological polar surface area (TPSA) is 37.8 Å². The Hall–Kier alpha value is -1.38. The van der Waals surface area contributed by atoms with E-state index in [0.717, 1.165) is 12.2 Å². The van der Waals surface area contributed by atoms with Gasteiger partial charge in [0.1, 0.15) is 5.82 Å². The monoisotopic (exact) mass is 163 g/mol. The Kier molecular flexibility index (Phi) is 3.26. The summed E-state index contributed by atoms with van der Waals surface area (Å²) < 4.78 is 0. The van der Waals surface area contributed by atoms with Crippen molar-refractivity contribution in [3.63, 3.8) is 0 Å². The molecule has 1 unspecified atom stereocenters. The predicted octanol–water partition coefficient (Wildman–Crippen LogP) is 1.85. The van der Waals surface area contributed by atoms with Crippen LogP contribution in [-0.2, 0) is 0 Å². The molecule has 1 aromatic rings. The third-order valence-electron chi connectivity index (χ3n) is 1.49. The Morgan fingerprint density at radius 3 is 3.17 bits per heavy atom. The summed E-state index contributed by atoms with van der Waals surface area (Å²) in [5.41, 5.74) is 0. The van der Waals surface area contributed by atoms with Gasteiger partial charge in [0.2, 0.25) is 0 Å². The summed E-state index contributed by atoms with van der Waals surface area (Å²) in [5, 5.41) is 10.9. The van der Waals surface area contributed by atoms with Gasteiger partial charge in [0.15, 0.2) is 0 Å². The molecule has 0 amide bonds. The molecule has 0 aliphatic rings. The first-order chi connectivity index (χ1) is 5.83. The molecule has 0 saturated heterocycles. The molecule has 0 aliphatic heterocycles. The van der Waals surface area contributed by atoms with E-state index < -0.39 is 0 Å². The minimum absolute atomic E-state index is 0.360. The third-order valence-corrected chi connectivity index (χ3v) is 1.49. The zero-order valence-electron chi connectivity index (χ0n) is 7.20. The van der Waals surface area contributed by atoms with Crippen LogP contribution in [0.1, 0.15) is 13.3 Å². The predicted molar refractivity (Wildman–Crippen MR) is 49.9 cm³/mol. The zero-order valence-corrected chi connectivity index (χ0v) is 7.20. The van der Waals surface area contributed by atoms with E-state index in [0.29, 0.717) is 6.04 Å². The van der Waals surface area contributed by atoms with Gasteiger partial charge in [0, 0.05) is 12.2 Å². The number of nitrogens with one attached hydrogen (secondary N) is 1. The number of rotatable bonds is 4. The summed E-state index contributed by atoms with van der Waals surface area (Å²) in [4.78, 5) is 0. The van der Waals surface area contributed by atoms with Crippen molar-refractivity contribution in [2.45, 2.75) is 19.4 Å². The van der Waals surface area contributed by atoms with Crippen molar-refractivity contribution in [1.82, 2.24) is 10.2 Å². The Labute approximate surface area is 72.5 Å². The molecule has 1 rings (SSSR count). The van der Waals surface area contributed by atoms with Gasteiger partial charge in [-0.05, 0) is 25.5 Å². The van der Waals surface area contributed by atoms with Gasteiger partial charge in [-0.1, -0.05) is 6.08 Å². The normalized spacial score (nSPS) is 12.1. The molecule has 0 aromatic carbocycles. The minimum atomic E-state index is 0.360. The maximum Gasteiger partial charge on any atom is 0.148 e. The average Bonchev–Trinajstić information content (AvgIpc) is 2.06. The van der Waals surface area contributed by atoms with Gasteiger partial charge in [-0.2, -0.15) is 5.10 Å². The van der Waals surface area contributed by atoms with Crippen LogP contribution in [0.2, 0.25) is 0 Å². The molecule has 3 heteroatoms. The van der Waals surface area contributed by atoms with Crippen molar-refractivity contribution in [3.05, 3.63) is 31.0 Å². The number of anilines is 1. The maximum atomic E-state index is 3.91. The molecule has 1 aromatic heterocycles.